The molecule has 0 amide bonds. The molecule has 1 heterocycles. The molecule has 1 N–H and O–H groups in total. The van der Waals surface area contributed by atoms with Crippen LogP contribution in [0.4, 0.5) is 13.2 Å². The molecule has 0 aliphatic rings. The van der Waals surface area contributed by atoms with E-state index in [1.54, 1.807) is 12.1 Å². The topological polar surface area (TPSA) is 29.9 Å². The van der Waals surface area contributed by atoms with Crippen LogP contribution in [0.2, 0.25) is 5.02 Å². The van der Waals surface area contributed by atoms with E-state index in [0.717, 1.165) is 29.3 Å². The Morgan fingerprint density at radius 1 is 1.29 bits per heavy atom. The Morgan fingerprint density at radius 3 is 2.62 bits per heavy atom. The van der Waals surface area contributed by atoms with Crippen LogP contribution in [0.1, 0.15) is 24.6 Å². The summed E-state index contributed by atoms with van der Waals surface area (Å²) in [4.78, 5) is 0. The molecule has 2 rings (SSSR count). The van der Waals surface area contributed by atoms with E-state index in [1.165, 1.54) is 6.20 Å². The summed E-state index contributed by atoms with van der Waals surface area (Å²) in [5, 5.41) is 7.10. The van der Waals surface area contributed by atoms with Crippen LogP contribution >= 0.6 is 11.6 Å². The molecule has 0 saturated carbocycles. The highest BCUT2D eigenvalue weighted by molar-refractivity contribution is 6.32. The molecule has 0 aliphatic carbocycles. The van der Waals surface area contributed by atoms with Crippen molar-refractivity contribution in [3.05, 3.63) is 46.7 Å². The highest BCUT2D eigenvalue weighted by Crippen LogP contribution is 2.29. The number of halogens is 4. The summed E-state index contributed by atoms with van der Waals surface area (Å²) < 4.78 is 38.7. The molecule has 3 nitrogen and oxygen atoms in total. The third-order valence-electron chi connectivity index (χ3n) is 2.89. The maximum absolute atomic E-state index is 12.5. The standard InChI is InChI=1S/C14H15ClF3N3/c1-2-6-19-9-10-3-4-12(11(15)8-10)21-7-5-13(20-21)14(16,17)18/h3-5,7-8,19H,2,6,9H2,1H3. The van der Waals surface area contributed by atoms with Gasteiger partial charge in [-0.05, 0) is 36.7 Å². The summed E-state index contributed by atoms with van der Waals surface area (Å²) in [5.74, 6) is 0. The number of alkyl halides is 3. The lowest BCUT2D eigenvalue weighted by molar-refractivity contribution is -0.141. The Hall–Kier alpha value is -1.53. The summed E-state index contributed by atoms with van der Waals surface area (Å²) >= 11 is 6.13. The molecule has 0 bridgehead atoms. The molecule has 114 valence electrons. The quantitative estimate of drug-likeness (QED) is 0.843. The van der Waals surface area contributed by atoms with Gasteiger partial charge in [0.1, 0.15) is 0 Å². The van der Waals surface area contributed by atoms with Crippen LogP contribution in [0, 0.1) is 0 Å². The third kappa shape index (κ3) is 3.98. The van der Waals surface area contributed by atoms with Gasteiger partial charge in [0.25, 0.3) is 0 Å². The van der Waals surface area contributed by atoms with Gasteiger partial charge in [-0.15, -0.1) is 0 Å². The Balaban J connectivity index is 2.19. The van der Waals surface area contributed by atoms with E-state index >= 15 is 0 Å². The summed E-state index contributed by atoms with van der Waals surface area (Å²) in [6, 6.07) is 6.14. The molecule has 2 aromatic rings. The number of hydrogen-bond donors (Lipinski definition) is 1. The van der Waals surface area contributed by atoms with Gasteiger partial charge >= 0.3 is 6.18 Å². The number of aromatic nitrogens is 2. The van der Waals surface area contributed by atoms with Crippen molar-refractivity contribution in [3.8, 4) is 5.69 Å². The second-order valence-electron chi connectivity index (χ2n) is 4.61. The zero-order valence-corrected chi connectivity index (χ0v) is 12.2. The van der Waals surface area contributed by atoms with Gasteiger partial charge in [0.05, 0.1) is 10.7 Å². The highest BCUT2D eigenvalue weighted by atomic mass is 35.5. The van der Waals surface area contributed by atoms with Crippen molar-refractivity contribution in [1.82, 2.24) is 15.1 Å². The zero-order chi connectivity index (χ0) is 15.5. The molecule has 0 saturated heterocycles. The van der Waals surface area contributed by atoms with E-state index in [0.29, 0.717) is 17.3 Å². The number of rotatable bonds is 5. The molecule has 7 heteroatoms. The summed E-state index contributed by atoms with van der Waals surface area (Å²) in [6.07, 6.45) is -2.18. The summed E-state index contributed by atoms with van der Waals surface area (Å²) in [7, 11) is 0. The Bertz CT molecular complexity index is 608. The minimum Gasteiger partial charge on any atom is -0.313 e. The third-order valence-corrected chi connectivity index (χ3v) is 3.20. The maximum atomic E-state index is 12.5. The second kappa shape index (κ2) is 6.49. The van der Waals surface area contributed by atoms with Crippen LogP contribution < -0.4 is 5.32 Å². The van der Waals surface area contributed by atoms with Crippen LogP contribution in [0.5, 0.6) is 0 Å². The fourth-order valence-electron chi connectivity index (χ4n) is 1.86. The van der Waals surface area contributed by atoms with Gasteiger partial charge in [-0.1, -0.05) is 24.6 Å². The molecular weight excluding hydrogens is 303 g/mol. The van der Waals surface area contributed by atoms with Crippen LogP contribution in [0.25, 0.3) is 5.69 Å². The predicted octanol–water partition coefficient (Wildman–Crippen LogP) is 4.04. The molecule has 0 fully saturated rings. The highest BCUT2D eigenvalue weighted by Gasteiger charge is 2.33. The van der Waals surface area contributed by atoms with E-state index in [2.05, 4.69) is 17.3 Å². The molecule has 0 radical (unpaired) electrons. The maximum Gasteiger partial charge on any atom is 0.435 e. The van der Waals surface area contributed by atoms with Gasteiger partial charge in [-0.2, -0.15) is 18.3 Å². The first kappa shape index (κ1) is 15.9. The molecule has 0 aliphatic heterocycles. The van der Waals surface area contributed by atoms with Crippen molar-refractivity contribution in [2.24, 2.45) is 0 Å². The van der Waals surface area contributed by atoms with E-state index in [-0.39, 0.29) is 0 Å². The average molecular weight is 318 g/mol. The number of benzene rings is 1. The number of nitrogens with one attached hydrogen (secondary N) is 1. The molecule has 0 atom stereocenters. The van der Waals surface area contributed by atoms with Gasteiger partial charge in [-0.25, -0.2) is 4.68 Å². The smallest absolute Gasteiger partial charge is 0.313 e. The molecule has 1 aromatic heterocycles. The molecule has 1 aromatic carbocycles. The molecule has 0 spiro atoms. The first-order valence-electron chi connectivity index (χ1n) is 6.54. The number of hydrogen-bond acceptors (Lipinski definition) is 2. The Kier molecular flexibility index (Phi) is 4.90. The van der Waals surface area contributed by atoms with Gasteiger partial charge < -0.3 is 5.32 Å². The molecular formula is C14H15ClF3N3. The minimum absolute atomic E-state index is 0.364. The first-order valence-corrected chi connectivity index (χ1v) is 6.92. The van der Waals surface area contributed by atoms with Crippen molar-refractivity contribution < 1.29 is 13.2 Å². The molecule has 21 heavy (non-hydrogen) atoms. The lowest BCUT2D eigenvalue weighted by atomic mass is 10.2. The van der Waals surface area contributed by atoms with Crippen molar-refractivity contribution in [2.45, 2.75) is 26.1 Å². The summed E-state index contributed by atoms with van der Waals surface area (Å²) in [5.41, 5.74) is 0.457. The summed E-state index contributed by atoms with van der Waals surface area (Å²) in [6.45, 7) is 3.63. The van der Waals surface area contributed by atoms with Crippen molar-refractivity contribution in [1.29, 1.82) is 0 Å². The van der Waals surface area contributed by atoms with Crippen molar-refractivity contribution >= 4 is 11.6 Å². The van der Waals surface area contributed by atoms with Crippen molar-refractivity contribution in [2.75, 3.05) is 6.54 Å². The van der Waals surface area contributed by atoms with E-state index in [9.17, 15) is 13.2 Å². The van der Waals surface area contributed by atoms with Gasteiger partial charge in [0, 0.05) is 12.7 Å². The number of nitrogens with zero attached hydrogens (tertiary/aromatic N) is 2. The van der Waals surface area contributed by atoms with Crippen LogP contribution in [-0.2, 0) is 12.7 Å². The Labute approximate surface area is 125 Å². The zero-order valence-electron chi connectivity index (χ0n) is 11.4. The van der Waals surface area contributed by atoms with Crippen LogP contribution in [0.3, 0.4) is 0 Å². The monoisotopic (exact) mass is 317 g/mol. The normalized spacial score (nSPS) is 11.9. The van der Waals surface area contributed by atoms with Crippen LogP contribution in [0.15, 0.2) is 30.5 Å². The SMILES string of the molecule is CCCNCc1ccc(-n2ccc(C(F)(F)F)n2)c(Cl)c1. The fourth-order valence-corrected chi connectivity index (χ4v) is 2.15. The molecule has 0 unspecified atom stereocenters. The predicted molar refractivity (Wildman–Crippen MR) is 75.6 cm³/mol. The lowest BCUT2D eigenvalue weighted by Crippen LogP contribution is -2.13. The van der Waals surface area contributed by atoms with E-state index < -0.39 is 11.9 Å². The fraction of sp³-hybridized carbons (Fsp3) is 0.357. The van der Waals surface area contributed by atoms with Gasteiger partial charge in [0.2, 0.25) is 0 Å². The van der Waals surface area contributed by atoms with E-state index in [1.807, 2.05) is 6.07 Å². The second-order valence-corrected chi connectivity index (χ2v) is 5.01. The van der Waals surface area contributed by atoms with E-state index in [4.69, 9.17) is 11.6 Å². The lowest BCUT2D eigenvalue weighted by Gasteiger charge is -2.08. The van der Waals surface area contributed by atoms with Gasteiger partial charge in [-0.3, -0.25) is 0 Å². The van der Waals surface area contributed by atoms with Gasteiger partial charge in [0.15, 0.2) is 5.69 Å². The van der Waals surface area contributed by atoms with Crippen molar-refractivity contribution in [3.63, 3.8) is 0 Å². The average Bonchev–Trinajstić information content (AvgIpc) is 2.88. The largest absolute Gasteiger partial charge is 0.435 e. The van der Waals surface area contributed by atoms with Crippen LogP contribution in [-0.4, -0.2) is 16.3 Å². The Morgan fingerprint density at radius 2 is 2.05 bits per heavy atom. The first-order chi connectivity index (χ1) is 9.91. The minimum atomic E-state index is -4.46.